The van der Waals surface area contributed by atoms with Gasteiger partial charge in [-0.05, 0) is 37.7 Å². The number of benzene rings is 1. The van der Waals surface area contributed by atoms with E-state index in [1.165, 1.54) is 12.0 Å². The second-order valence-corrected chi connectivity index (χ2v) is 6.51. The van der Waals surface area contributed by atoms with Crippen molar-refractivity contribution in [3.63, 3.8) is 0 Å². The van der Waals surface area contributed by atoms with Gasteiger partial charge in [0.25, 0.3) is 5.91 Å². The fraction of sp³-hybridized carbons (Fsp3) is 0.450. The highest BCUT2D eigenvalue weighted by Gasteiger charge is 2.26. The van der Waals surface area contributed by atoms with E-state index in [-0.39, 0.29) is 5.91 Å². The van der Waals surface area contributed by atoms with Gasteiger partial charge in [-0.25, -0.2) is 9.97 Å². The second-order valence-electron chi connectivity index (χ2n) is 6.51. The molecule has 1 aromatic carbocycles. The van der Waals surface area contributed by atoms with E-state index in [1.54, 1.807) is 12.4 Å². The smallest absolute Gasteiger partial charge is 0.257 e. The third-order valence-corrected chi connectivity index (χ3v) is 4.80. The molecule has 0 bridgehead atoms. The minimum Gasteiger partial charge on any atom is -0.354 e. The molecule has 1 aliphatic heterocycles. The molecule has 1 saturated heterocycles. The predicted octanol–water partition coefficient (Wildman–Crippen LogP) is 3.54. The first kappa shape index (κ1) is 17.4. The first-order valence-corrected chi connectivity index (χ1v) is 9.18. The lowest BCUT2D eigenvalue weighted by atomic mass is 9.99. The molecule has 5 nitrogen and oxygen atoms in total. The molecule has 1 amide bonds. The molecule has 1 aromatic heterocycles. The Balaban J connectivity index is 1.55. The van der Waals surface area contributed by atoms with Crippen LogP contribution in [-0.2, 0) is 6.42 Å². The van der Waals surface area contributed by atoms with Gasteiger partial charge in [0.2, 0.25) is 5.95 Å². The minimum absolute atomic E-state index is 0.0578. The number of anilines is 1. The first-order chi connectivity index (χ1) is 12.3. The summed E-state index contributed by atoms with van der Waals surface area (Å²) in [6.45, 7) is 3.75. The van der Waals surface area contributed by atoms with E-state index >= 15 is 0 Å². The van der Waals surface area contributed by atoms with E-state index in [0.717, 1.165) is 38.8 Å². The molecule has 3 rings (SSSR count). The van der Waals surface area contributed by atoms with Crippen molar-refractivity contribution in [1.82, 2.24) is 14.9 Å². The third kappa shape index (κ3) is 4.56. The highest BCUT2D eigenvalue weighted by Crippen LogP contribution is 2.21. The maximum Gasteiger partial charge on any atom is 0.257 e. The standard InChI is InChI=1S/C20H26N4O/c1-2-18-10-6-7-13-24(18)19(25)17-14-22-20(23-15-17)21-12-11-16-8-4-3-5-9-16/h3-5,8-9,14-15,18H,2,6-7,10-13H2,1H3,(H,21,22,23). The Morgan fingerprint density at radius 3 is 2.68 bits per heavy atom. The van der Waals surface area contributed by atoms with Gasteiger partial charge in [0.15, 0.2) is 0 Å². The van der Waals surface area contributed by atoms with E-state index < -0.39 is 0 Å². The van der Waals surface area contributed by atoms with Crippen LogP contribution in [0, 0.1) is 0 Å². The van der Waals surface area contributed by atoms with Crippen LogP contribution in [0.25, 0.3) is 0 Å². The van der Waals surface area contributed by atoms with Crippen LogP contribution in [-0.4, -0.2) is 39.9 Å². The summed E-state index contributed by atoms with van der Waals surface area (Å²) in [5, 5.41) is 3.21. The largest absolute Gasteiger partial charge is 0.354 e. The van der Waals surface area contributed by atoms with Crippen molar-refractivity contribution in [2.24, 2.45) is 0 Å². The number of aromatic nitrogens is 2. The molecular formula is C20H26N4O. The van der Waals surface area contributed by atoms with Gasteiger partial charge in [-0.3, -0.25) is 4.79 Å². The summed E-state index contributed by atoms with van der Waals surface area (Å²) in [7, 11) is 0. The van der Waals surface area contributed by atoms with Crippen molar-refractivity contribution in [3.8, 4) is 0 Å². The Hall–Kier alpha value is -2.43. The van der Waals surface area contributed by atoms with Gasteiger partial charge in [0.05, 0.1) is 5.56 Å². The molecule has 1 atom stereocenters. The monoisotopic (exact) mass is 338 g/mol. The van der Waals surface area contributed by atoms with E-state index in [4.69, 9.17) is 0 Å². The maximum atomic E-state index is 12.7. The van der Waals surface area contributed by atoms with Crippen LogP contribution < -0.4 is 5.32 Å². The molecule has 0 spiro atoms. The molecule has 1 unspecified atom stereocenters. The summed E-state index contributed by atoms with van der Waals surface area (Å²) in [6, 6.07) is 10.7. The number of nitrogens with zero attached hydrogens (tertiary/aromatic N) is 3. The topological polar surface area (TPSA) is 58.1 Å². The van der Waals surface area contributed by atoms with Crippen molar-refractivity contribution in [2.45, 2.75) is 45.1 Å². The third-order valence-electron chi connectivity index (χ3n) is 4.80. The first-order valence-electron chi connectivity index (χ1n) is 9.18. The summed E-state index contributed by atoms with van der Waals surface area (Å²) < 4.78 is 0. The van der Waals surface area contributed by atoms with Crippen LogP contribution in [0.4, 0.5) is 5.95 Å². The zero-order chi connectivity index (χ0) is 17.5. The summed E-state index contributed by atoms with van der Waals surface area (Å²) in [5.41, 5.74) is 1.85. The number of nitrogens with one attached hydrogen (secondary N) is 1. The molecule has 1 aliphatic rings. The number of amides is 1. The lowest BCUT2D eigenvalue weighted by molar-refractivity contribution is 0.0607. The molecule has 2 aromatic rings. The van der Waals surface area contributed by atoms with Gasteiger partial charge in [-0.2, -0.15) is 0 Å². The average Bonchev–Trinajstić information content (AvgIpc) is 2.69. The quantitative estimate of drug-likeness (QED) is 0.875. The zero-order valence-electron chi connectivity index (χ0n) is 14.8. The maximum absolute atomic E-state index is 12.7. The second kappa shape index (κ2) is 8.60. The number of rotatable bonds is 6. The van der Waals surface area contributed by atoms with Crippen molar-refractivity contribution in [1.29, 1.82) is 0 Å². The van der Waals surface area contributed by atoms with Gasteiger partial charge in [-0.1, -0.05) is 37.3 Å². The number of likely N-dealkylation sites (tertiary alicyclic amines) is 1. The molecule has 0 aliphatic carbocycles. The SMILES string of the molecule is CCC1CCCCN1C(=O)c1cnc(NCCc2ccccc2)nc1. The van der Waals surface area contributed by atoms with Gasteiger partial charge < -0.3 is 10.2 Å². The summed E-state index contributed by atoms with van der Waals surface area (Å²) in [4.78, 5) is 23.3. The van der Waals surface area contributed by atoms with E-state index in [2.05, 4.69) is 34.3 Å². The highest BCUT2D eigenvalue weighted by atomic mass is 16.2. The van der Waals surface area contributed by atoms with E-state index in [9.17, 15) is 4.79 Å². The molecule has 5 heteroatoms. The molecule has 2 heterocycles. The zero-order valence-corrected chi connectivity index (χ0v) is 14.8. The lowest BCUT2D eigenvalue weighted by Crippen LogP contribution is -2.43. The molecule has 1 fully saturated rings. The summed E-state index contributed by atoms with van der Waals surface area (Å²) in [5.74, 6) is 0.626. The van der Waals surface area contributed by atoms with Gasteiger partial charge in [0, 0.05) is 31.5 Å². The average molecular weight is 338 g/mol. The molecule has 0 saturated carbocycles. The Morgan fingerprint density at radius 1 is 1.20 bits per heavy atom. The van der Waals surface area contributed by atoms with Gasteiger partial charge in [0.1, 0.15) is 0 Å². The van der Waals surface area contributed by atoms with Crippen LogP contribution in [0.15, 0.2) is 42.7 Å². The fourth-order valence-corrected chi connectivity index (χ4v) is 3.35. The van der Waals surface area contributed by atoms with Gasteiger partial charge >= 0.3 is 0 Å². The number of hydrogen-bond donors (Lipinski definition) is 1. The van der Waals surface area contributed by atoms with Gasteiger partial charge in [-0.15, -0.1) is 0 Å². The van der Waals surface area contributed by atoms with Crippen molar-refractivity contribution < 1.29 is 4.79 Å². The van der Waals surface area contributed by atoms with Crippen molar-refractivity contribution in [2.75, 3.05) is 18.4 Å². The predicted molar refractivity (Wildman–Crippen MR) is 99.6 cm³/mol. The Labute approximate surface area is 149 Å². The van der Waals surface area contributed by atoms with E-state index in [1.807, 2.05) is 23.1 Å². The Kier molecular flexibility index (Phi) is 5.99. The molecule has 0 radical (unpaired) electrons. The van der Waals surface area contributed by atoms with Crippen molar-refractivity contribution >= 4 is 11.9 Å². The summed E-state index contributed by atoms with van der Waals surface area (Å²) >= 11 is 0. The Bertz CT molecular complexity index is 672. The van der Waals surface area contributed by atoms with E-state index in [0.29, 0.717) is 17.6 Å². The number of carbonyl (C=O) groups is 1. The summed E-state index contributed by atoms with van der Waals surface area (Å²) in [6.07, 6.45) is 8.60. The van der Waals surface area contributed by atoms with Crippen LogP contribution in [0.5, 0.6) is 0 Å². The van der Waals surface area contributed by atoms with Crippen LogP contribution in [0.3, 0.4) is 0 Å². The highest BCUT2D eigenvalue weighted by molar-refractivity contribution is 5.94. The van der Waals surface area contributed by atoms with Crippen molar-refractivity contribution in [3.05, 3.63) is 53.9 Å². The molecule has 132 valence electrons. The number of carbonyl (C=O) groups excluding carboxylic acids is 1. The molecule has 1 N–H and O–H groups in total. The number of piperidine rings is 1. The minimum atomic E-state index is 0.0578. The van der Waals surface area contributed by atoms with Crippen LogP contribution in [0.2, 0.25) is 0 Å². The normalized spacial score (nSPS) is 17.3. The van der Waals surface area contributed by atoms with Crippen LogP contribution >= 0.6 is 0 Å². The lowest BCUT2D eigenvalue weighted by Gasteiger charge is -2.35. The molecular weight excluding hydrogens is 312 g/mol. The fourth-order valence-electron chi connectivity index (χ4n) is 3.35. The Morgan fingerprint density at radius 2 is 1.96 bits per heavy atom. The van der Waals surface area contributed by atoms with Crippen LogP contribution in [0.1, 0.15) is 48.5 Å². The number of hydrogen-bond acceptors (Lipinski definition) is 4. The molecule has 25 heavy (non-hydrogen) atoms.